The number of hydrogen-bond acceptors (Lipinski definition) is 2. The van der Waals surface area contributed by atoms with Crippen molar-refractivity contribution in [1.82, 2.24) is 0 Å². The van der Waals surface area contributed by atoms with Crippen molar-refractivity contribution in [3.05, 3.63) is 204 Å². The first kappa shape index (κ1) is 40.7. The Kier molecular flexibility index (Phi) is 12.3. The fourth-order valence-corrected chi connectivity index (χ4v) is 7.45. The highest BCUT2D eigenvalue weighted by Crippen LogP contribution is 2.36. The Bertz CT molecular complexity index is 2330. The van der Waals surface area contributed by atoms with E-state index < -0.39 is 0 Å². The lowest BCUT2D eigenvalue weighted by atomic mass is 9.78. The third kappa shape index (κ3) is 9.79. The van der Waals surface area contributed by atoms with Gasteiger partial charge in [0.25, 0.3) is 0 Å². The van der Waals surface area contributed by atoms with E-state index in [2.05, 4.69) is 200 Å². The quantitative estimate of drug-likeness (QED) is 0.0971. The van der Waals surface area contributed by atoms with Crippen molar-refractivity contribution >= 4 is 29.3 Å². The Hall–Kier alpha value is -5.48. The van der Waals surface area contributed by atoms with Crippen molar-refractivity contribution in [3.8, 4) is 22.3 Å². The van der Waals surface area contributed by atoms with Gasteiger partial charge in [0.15, 0.2) is 0 Å². The summed E-state index contributed by atoms with van der Waals surface area (Å²) in [7, 11) is -0.333. The minimum absolute atomic E-state index is 0.333. The van der Waals surface area contributed by atoms with Gasteiger partial charge in [-0.05, 0) is 151 Å². The van der Waals surface area contributed by atoms with Crippen LogP contribution in [0.15, 0.2) is 165 Å². The van der Waals surface area contributed by atoms with Crippen LogP contribution in [-0.4, -0.2) is 18.3 Å². The summed E-state index contributed by atoms with van der Waals surface area (Å²) in [5.74, 6) is 0. The molecule has 0 N–H and O–H groups in total. The predicted molar refractivity (Wildman–Crippen MR) is 249 cm³/mol. The molecule has 1 fully saturated rings. The molecular formula is C55H57BO2. The Morgan fingerprint density at radius 3 is 1.02 bits per heavy atom. The Morgan fingerprint density at radius 1 is 0.414 bits per heavy atom. The minimum atomic E-state index is -0.340. The average Bonchev–Trinajstić information content (AvgIpc) is 3.47. The molecule has 0 saturated carbocycles. The van der Waals surface area contributed by atoms with E-state index >= 15 is 0 Å². The summed E-state index contributed by atoms with van der Waals surface area (Å²) in [5.41, 5.74) is 17.5. The van der Waals surface area contributed by atoms with Gasteiger partial charge in [0.2, 0.25) is 0 Å². The van der Waals surface area contributed by atoms with Gasteiger partial charge >= 0.3 is 7.12 Å². The van der Waals surface area contributed by atoms with Crippen LogP contribution in [0.3, 0.4) is 0 Å². The highest BCUT2D eigenvalue weighted by Gasteiger charge is 2.51. The average molecular weight is 761 g/mol. The molecule has 0 spiro atoms. The van der Waals surface area contributed by atoms with Gasteiger partial charge in [-0.25, -0.2) is 0 Å². The van der Waals surface area contributed by atoms with Crippen LogP contribution in [0.1, 0.15) is 85.9 Å². The van der Waals surface area contributed by atoms with Crippen LogP contribution in [0.2, 0.25) is 0 Å². The largest absolute Gasteiger partial charge is 0.494 e. The Morgan fingerprint density at radius 2 is 0.690 bits per heavy atom. The highest BCUT2D eigenvalue weighted by atomic mass is 16.7. The summed E-state index contributed by atoms with van der Waals surface area (Å²) in [4.78, 5) is 0. The first-order chi connectivity index (χ1) is 27.8. The number of allylic oxidation sites excluding steroid dienone is 3. The summed E-state index contributed by atoms with van der Waals surface area (Å²) in [5, 5.41) is 0. The molecule has 6 aromatic carbocycles. The van der Waals surface area contributed by atoms with Gasteiger partial charge in [-0.1, -0.05) is 171 Å². The van der Waals surface area contributed by atoms with Crippen molar-refractivity contribution in [3.63, 3.8) is 0 Å². The summed E-state index contributed by atoms with van der Waals surface area (Å²) in [6.07, 6.45) is 5.68. The molecule has 1 saturated heterocycles. The van der Waals surface area contributed by atoms with Crippen LogP contribution in [0.5, 0.6) is 0 Å². The summed E-state index contributed by atoms with van der Waals surface area (Å²) >= 11 is 0. The molecule has 3 heteroatoms. The molecule has 0 amide bonds. The fourth-order valence-electron chi connectivity index (χ4n) is 7.45. The number of aryl methyl sites for hydroxylation is 4. The van der Waals surface area contributed by atoms with Gasteiger partial charge in [0, 0.05) is 0 Å². The van der Waals surface area contributed by atoms with E-state index in [4.69, 9.17) is 9.31 Å². The second-order valence-electron chi connectivity index (χ2n) is 17.1. The van der Waals surface area contributed by atoms with Crippen molar-refractivity contribution < 1.29 is 9.31 Å². The van der Waals surface area contributed by atoms with E-state index in [9.17, 15) is 0 Å². The van der Waals surface area contributed by atoms with Gasteiger partial charge in [-0.2, -0.15) is 0 Å². The van der Waals surface area contributed by atoms with Crippen LogP contribution >= 0.6 is 0 Å². The molecule has 292 valence electrons. The first-order valence-electron chi connectivity index (χ1n) is 20.8. The summed E-state index contributed by atoms with van der Waals surface area (Å²) in [6, 6.07) is 52.8. The van der Waals surface area contributed by atoms with Gasteiger partial charge in [0.05, 0.1) is 11.2 Å². The number of rotatable bonds is 15. The maximum Gasteiger partial charge on any atom is 0.494 e. The molecular weight excluding hydrogens is 703 g/mol. The third-order valence-corrected chi connectivity index (χ3v) is 12.3. The molecule has 0 radical (unpaired) electrons. The minimum Gasteiger partial charge on any atom is -0.399 e. The van der Waals surface area contributed by atoms with E-state index in [0.717, 1.165) is 55.1 Å². The Labute approximate surface area is 348 Å². The van der Waals surface area contributed by atoms with E-state index in [-0.39, 0.29) is 18.3 Å². The zero-order valence-corrected chi connectivity index (χ0v) is 35.1. The standard InChI is InChI=1S/C55H57BO2/c1-39-9-14-43(15-10-39)16-11-40(2)46-25-31-50(32-26-46)49-23-19-44(20-24-49)17-12-41(3)47-27-33-51(34-28-47)52-35-29-48(30-36-52)42(4)13-18-45-21-37-53(38-22-45)56-57-54(5,6)55(7,8)58-56/h9-10,14-15,19-38H,2-4,11-13,16-18H2,1,5-8H3. The molecule has 0 bridgehead atoms. The van der Waals surface area contributed by atoms with Crippen molar-refractivity contribution in [2.75, 3.05) is 0 Å². The maximum atomic E-state index is 6.22. The molecule has 2 nitrogen and oxygen atoms in total. The van der Waals surface area contributed by atoms with E-state index in [1.165, 1.54) is 66.8 Å². The maximum absolute atomic E-state index is 6.22. The second-order valence-corrected chi connectivity index (χ2v) is 17.1. The zero-order chi connectivity index (χ0) is 40.9. The lowest BCUT2D eigenvalue weighted by molar-refractivity contribution is 0.00578. The number of benzene rings is 6. The summed E-state index contributed by atoms with van der Waals surface area (Å²) < 4.78 is 12.4. The van der Waals surface area contributed by atoms with Crippen LogP contribution in [0, 0.1) is 6.92 Å². The second kappa shape index (κ2) is 17.6. The molecule has 0 aromatic heterocycles. The SMILES string of the molecule is C=C(CCc1ccc(C)cc1)c1ccc(-c2ccc(CCC(=C)c3ccc(-c4ccc(C(=C)CCc5ccc(B6OC(C)(C)C(C)(C)O6)cc5)cc4)cc3)cc2)cc1. The van der Waals surface area contributed by atoms with Crippen molar-refractivity contribution in [1.29, 1.82) is 0 Å². The molecule has 0 atom stereocenters. The first-order valence-corrected chi connectivity index (χ1v) is 20.8. The molecule has 0 aliphatic carbocycles. The van der Waals surface area contributed by atoms with Gasteiger partial charge in [-0.15, -0.1) is 0 Å². The van der Waals surface area contributed by atoms with Gasteiger partial charge in [-0.3, -0.25) is 0 Å². The van der Waals surface area contributed by atoms with Gasteiger partial charge in [0.1, 0.15) is 0 Å². The van der Waals surface area contributed by atoms with Crippen molar-refractivity contribution in [2.24, 2.45) is 0 Å². The Balaban J connectivity index is 0.854. The molecule has 1 heterocycles. The molecule has 1 aliphatic rings. The molecule has 0 unspecified atom stereocenters. The number of hydrogen-bond donors (Lipinski definition) is 0. The van der Waals surface area contributed by atoms with Crippen LogP contribution in [0.4, 0.5) is 0 Å². The highest BCUT2D eigenvalue weighted by molar-refractivity contribution is 6.62. The van der Waals surface area contributed by atoms with E-state index in [0.29, 0.717) is 0 Å². The molecule has 1 aliphatic heterocycles. The van der Waals surface area contributed by atoms with Crippen LogP contribution in [-0.2, 0) is 28.6 Å². The zero-order valence-electron chi connectivity index (χ0n) is 35.1. The smallest absolute Gasteiger partial charge is 0.399 e. The summed E-state index contributed by atoms with van der Waals surface area (Å²) in [6.45, 7) is 23.7. The topological polar surface area (TPSA) is 18.5 Å². The van der Waals surface area contributed by atoms with Gasteiger partial charge < -0.3 is 9.31 Å². The fraction of sp³-hybridized carbons (Fsp3) is 0.236. The molecule has 7 rings (SSSR count). The third-order valence-electron chi connectivity index (χ3n) is 12.3. The van der Waals surface area contributed by atoms with E-state index in [1.54, 1.807) is 0 Å². The molecule has 58 heavy (non-hydrogen) atoms. The monoisotopic (exact) mass is 760 g/mol. The van der Waals surface area contributed by atoms with Crippen LogP contribution in [0.25, 0.3) is 39.0 Å². The normalized spacial score (nSPS) is 14.3. The predicted octanol–water partition coefficient (Wildman–Crippen LogP) is 13.6. The van der Waals surface area contributed by atoms with Crippen molar-refractivity contribution in [2.45, 2.75) is 84.3 Å². The lowest BCUT2D eigenvalue weighted by Crippen LogP contribution is -2.41. The molecule has 6 aromatic rings. The van der Waals surface area contributed by atoms with E-state index in [1.807, 2.05) is 0 Å². The lowest BCUT2D eigenvalue weighted by Gasteiger charge is -2.32. The van der Waals surface area contributed by atoms with Crippen LogP contribution < -0.4 is 5.46 Å².